The van der Waals surface area contributed by atoms with Crippen LogP contribution in [0, 0.1) is 10.1 Å². The zero-order chi connectivity index (χ0) is 10.1. The first kappa shape index (κ1) is 8.50. The molecule has 1 heterocycles. The summed E-state index contributed by atoms with van der Waals surface area (Å²) < 4.78 is 1.36. The smallest absolute Gasteiger partial charge is 0.286 e. The van der Waals surface area contributed by atoms with E-state index in [2.05, 4.69) is 6.58 Å². The zero-order valence-corrected chi connectivity index (χ0v) is 7.38. The Kier molecular flexibility index (Phi) is 1.81. The first-order valence-electron chi connectivity index (χ1n) is 4.11. The lowest BCUT2D eigenvalue weighted by molar-refractivity contribution is -0.464. The monoisotopic (exact) mass is 188 g/mol. The van der Waals surface area contributed by atoms with Gasteiger partial charge in [0.05, 0.1) is 4.43 Å². The predicted octanol–water partition coefficient (Wildman–Crippen LogP) is 1.54. The lowest BCUT2D eigenvalue weighted by atomic mass is 10.3. The average Bonchev–Trinajstić information content (AvgIpc) is 2.23. The molecule has 0 radical (unpaired) electrons. The van der Waals surface area contributed by atoms with Crippen molar-refractivity contribution in [3.63, 3.8) is 0 Å². The third kappa shape index (κ3) is 1.08. The van der Waals surface area contributed by atoms with Crippen molar-refractivity contribution >= 4 is 17.1 Å². The second-order valence-electron chi connectivity index (χ2n) is 2.87. The van der Waals surface area contributed by atoms with Crippen LogP contribution in [-0.4, -0.2) is 4.73 Å². The number of hydrogen-bond donors (Lipinski definition) is 0. The number of fused-ring (bicyclic) bond motifs is 1. The largest absolute Gasteiger partial charge is 0.805 e. The molecule has 0 unspecified atom stereocenters. The number of para-hydroxylation sites is 2. The quantitative estimate of drug-likeness (QED) is 0.637. The lowest BCUT2D eigenvalue weighted by Crippen LogP contribution is -2.18. The summed E-state index contributed by atoms with van der Waals surface area (Å²) in [5.41, 5.74) is 0.951. The van der Waals surface area contributed by atoms with Crippen LogP contribution in [-0.2, 0) is 0 Å². The Morgan fingerprint density at radius 1 is 1.43 bits per heavy atom. The molecule has 4 nitrogen and oxygen atoms in total. The second kappa shape index (κ2) is 2.99. The minimum Gasteiger partial charge on any atom is -0.805 e. The molecule has 0 fully saturated rings. The summed E-state index contributed by atoms with van der Waals surface area (Å²) in [5, 5.41) is 11.6. The number of hydrogen-bond acceptors (Lipinski definition) is 2. The molecule has 0 aliphatic carbocycles. The van der Waals surface area contributed by atoms with Crippen LogP contribution in [0.25, 0.3) is 17.1 Å². The second-order valence-corrected chi connectivity index (χ2v) is 2.87. The van der Waals surface area contributed by atoms with Crippen molar-refractivity contribution in [2.75, 3.05) is 0 Å². The molecule has 0 saturated heterocycles. The molecule has 0 bridgehead atoms. The van der Waals surface area contributed by atoms with Gasteiger partial charge in [-0.15, -0.1) is 0 Å². The summed E-state index contributed by atoms with van der Waals surface area (Å²) in [5.74, 6) is 0. The van der Waals surface area contributed by atoms with Crippen LogP contribution in [0.1, 0.15) is 5.69 Å². The summed E-state index contributed by atoms with van der Waals surface area (Å²) >= 11 is 0. The van der Waals surface area contributed by atoms with Gasteiger partial charge in [-0.25, -0.2) is 0 Å². The van der Waals surface area contributed by atoms with Crippen molar-refractivity contribution in [2.24, 2.45) is 0 Å². The van der Waals surface area contributed by atoms with Gasteiger partial charge in [-0.05, 0) is 12.1 Å². The van der Waals surface area contributed by atoms with Crippen LogP contribution in [0.3, 0.4) is 0 Å². The first-order chi connectivity index (χ1) is 6.74. The third-order valence-electron chi connectivity index (χ3n) is 2.03. The van der Waals surface area contributed by atoms with Gasteiger partial charge in [-0.3, -0.25) is 0 Å². The molecule has 14 heavy (non-hydrogen) atoms. The maximum Gasteiger partial charge on any atom is 0.286 e. The molecule has 2 aromatic rings. The third-order valence-corrected chi connectivity index (χ3v) is 2.03. The van der Waals surface area contributed by atoms with Crippen molar-refractivity contribution in [1.82, 2.24) is 4.73 Å². The molecule has 0 spiro atoms. The Hall–Kier alpha value is -2.10. The van der Waals surface area contributed by atoms with Gasteiger partial charge in [0.25, 0.3) is 11.7 Å². The van der Waals surface area contributed by atoms with E-state index < -0.39 is 0 Å². The molecule has 2 rings (SSSR count). The number of aromatic nitrogens is 2. The van der Waals surface area contributed by atoms with Crippen LogP contribution in [0.5, 0.6) is 0 Å². The van der Waals surface area contributed by atoms with Gasteiger partial charge < -0.3 is 9.94 Å². The molecule has 0 aliphatic rings. The summed E-state index contributed by atoms with van der Waals surface area (Å²) in [6.07, 6.45) is 2.57. The minimum atomic E-state index is 0.249. The van der Waals surface area contributed by atoms with Crippen molar-refractivity contribution < 1.29 is 4.43 Å². The van der Waals surface area contributed by atoms with E-state index in [-0.39, 0.29) is 5.69 Å². The molecule has 70 valence electrons. The van der Waals surface area contributed by atoms with Gasteiger partial charge in [0.15, 0.2) is 0 Å². The van der Waals surface area contributed by atoms with E-state index >= 15 is 0 Å². The van der Waals surface area contributed by atoms with E-state index in [9.17, 15) is 10.1 Å². The fourth-order valence-electron chi connectivity index (χ4n) is 1.34. The highest BCUT2D eigenvalue weighted by molar-refractivity contribution is 5.72. The van der Waals surface area contributed by atoms with Gasteiger partial charge >= 0.3 is 0 Å². The normalized spacial score (nSPS) is 10.3. The highest BCUT2D eigenvalue weighted by atomic mass is 16.5. The van der Waals surface area contributed by atoms with Gasteiger partial charge in [0.2, 0.25) is 0 Å². The molecule has 0 amide bonds. The molecule has 1 aromatic heterocycles. The van der Waals surface area contributed by atoms with E-state index in [1.165, 1.54) is 12.3 Å². The molecule has 1 aromatic carbocycles. The highest BCUT2D eigenvalue weighted by Gasteiger charge is 2.08. The Morgan fingerprint density at radius 2 is 2.14 bits per heavy atom. The molecular weight excluding hydrogens is 180 g/mol. The fraction of sp³-hybridized carbons (Fsp3) is 0. The first-order valence-corrected chi connectivity index (χ1v) is 4.11. The van der Waals surface area contributed by atoms with Crippen molar-refractivity contribution in [3.05, 3.63) is 52.8 Å². The summed E-state index contributed by atoms with van der Waals surface area (Å²) in [4.78, 5) is 11.4. The highest BCUT2D eigenvalue weighted by Crippen LogP contribution is 2.10. The summed E-state index contributed by atoms with van der Waals surface area (Å²) in [7, 11) is 0. The minimum absolute atomic E-state index is 0.249. The van der Waals surface area contributed by atoms with E-state index in [0.717, 1.165) is 0 Å². The molecule has 0 saturated carbocycles. The summed E-state index contributed by atoms with van der Waals surface area (Å²) in [6, 6.07) is 6.63. The van der Waals surface area contributed by atoms with Crippen molar-refractivity contribution in [3.8, 4) is 0 Å². The van der Waals surface area contributed by atoms with Crippen LogP contribution in [0.2, 0.25) is 0 Å². The van der Waals surface area contributed by atoms with Crippen LogP contribution in [0.15, 0.2) is 37.0 Å². The Bertz CT molecular complexity index is 558. The van der Waals surface area contributed by atoms with Crippen LogP contribution >= 0.6 is 0 Å². The van der Waals surface area contributed by atoms with E-state index in [1.54, 1.807) is 24.3 Å². The Balaban J connectivity index is 3.02. The Labute approximate surface area is 79.9 Å². The fourth-order valence-corrected chi connectivity index (χ4v) is 1.34. The molecule has 0 aliphatic heterocycles. The topological polar surface area (TPSA) is 51.0 Å². The standard InChI is InChI=1S/C10H8N2O2/c1-2-8-7-11(13)9-5-3-4-6-10(9)12(8)14/h2-7H,1H2. The molecular formula is C10H8N2O2. The average molecular weight is 188 g/mol. The van der Waals surface area contributed by atoms with E-state index in [0.29, 0.717) is 20.2 Å². The van der Waals surface area contributed by atoms with E-state index in [1.807, 2.05) is 0 Å². The maximum atomic E-state index is 11.6. The van der Waals surface area contributed by atoms with Crippen molar-refractivity contribution in [1.29, 1.82) is 0 Å². The maximum absolute atomic E-state index is 11.6. The lowest BCUT2D eigenvalue weighted by Gasteiger charge is -2.13. The predicted molar refractivity (Wildman–Crippen MR) is 54.2 cm³/mol. The molecule has 0 N–H and O–H groups in total. The zero-order valence-electron chi connectivity index (χ0n) is 7.38. The van der Waals surface area contributed by atoms with Gasteiger partial charge in [0, 0.05) is 11.0 Å². The Morgan fingerprint density at radius 3 is 2.86 bits per heavy atom. The van der Waals surface area contributed by atoms with Crippen LogP contribution < -0.4 is 4.43 Å². The molecule has 0 atom stereocenters. The number of nitrogens with zero attached hydrogens (tertiary/aromatic N) is 2. The molecule has 4 heteroatoms. The van der Waals surface area contributed by atoms with Crippen molar-refractivity contribution in [2.45, 2.75) is 0 Å². The SMILES string of the molecule is C=Cc1c[n+](=O)c2ccccc2n1[O-]. The number of benzene rings is 1. The van der Waals surface area contributed by atoms with E-state index in [4.69, 9.17) is 0 Å². The van der Waals surface area contributed by atoms with Gasteiger partial charge in [0.1, 0.15) is 11.2 Å². The van der Waals surface area contributed by atoms with Crippen LogP contribution in [0.4, 0.5) is 0 Å². The van der Waals surface area contributed by atoms with Gasteiger partial charge in [-0.1, -0.05) is 18.7 Å². The number of rotatable bonds is 1. The van der Waals surface area contributed by atoms with Gasteiger partial charge in [-0.2, -0.15) is 0 Å². The summed E-state index contributed by atoms with van der Waals surface area (Å²) in [6.45, 7) is 3.47.